The average Bonchev–Trinajstić information content (AvgIpc) is 3.10. The number of hydrogen-bond donors (Lipinski definition) is 0. The molecule has 26 heavy (non-hydrogen) atoms. The molecule has 1 aliphatic heterocycles. The lowest BCUT2D eigenvalue weighted by Gasteiger charge is -2.25. The van der Waals surface area contributed by atoms with E-state index in [-0.39, 0.29) is 24.2 Å². The molecule has 1 fully saturated rings. The third-order valence-corrected chi connectivity index (χ3v) is 5.41. The lowest BCUT2D eigenvalue weighted by Crippen LogP contribution is -2.36. The van der Waals surface area contributed by atoms with E-state index in [2.05, 4.69) is 12.1 Å². The van der Waals surface area contributed by atoms with Gasteiger partial charge in [-0.3, -0.25) is 9.59 Å². The van der Waals surface area contributed by atoms with Crippen LogP contribution in [0.4, 0.5) is 0 Å². The summed E-state index contributed by atoms with van der Waals surface area (Å²) in [6.07, 6.45) is 3.59. The van der Waals surface area contributed by atoms with Gasteiger partial charge in [0.2, 0.25) is 5.91 Å². The zero-order valence-corrected chi connectivity index (χ0v) is 15.7. The van der Waals surface area contributed by atoms with Crippen molar-refractivity contribution >= 4 is 11.7 Å². The van der Waals surface area contributed by atoms with Crippen molar-refractivity contribution in [3.63, 3.8) is 0 Å². The van der Waals surface area contributed by atoms with Gasteiger partial charge in [-0.1, -0.05) is 42.5 Å². The molecule has 0 bridgehead atoms. The first-order chi connectivity index (χ1) is 12.5. The number of likely N-dealkylation sites (tertiary alicyclic amines) is 1. The van der Waals surface area contributed by atoms with Crippen LogP contribution in [0, 0.1) is 13.8 Å². The van der Waals surface area contributed by atoms with Crippen molar-refractivity contribution in [1.29, 1.82) is 0 Å². The van der Waals surface area contributed by atoms with E-state index in [0.29, 0.717) is 12.0 Å². The van der Waals surface area contributed by atoms with E-state index in [9.17, 15) is 9.59 Å². The highest BCUT2D eigenvalue weighted by molar-refractivity contribution is 5.98. The Balaban J connectivity index is 1.56. The summed E-state index contributed by atoms with van der Waals surface area (Å²) in [7, 11) is 0. The van der Waals surface area contributed by atoms with Crippen LogP contribution < -0.4 is 0 Å². The third-order valence-electron chi connectivity index (χ3n) is 5.41. The molecular formula is C23H27NO2. The molecule has 2 aromatic rings. The summed E-state index contributed by atoms with van der Waals surface area (Å²) in [5, 5.41) is 0. The Morgan fingerprint density at radius 1 is 1.00 bits per heavy atom. The maximum atomic E-state index is 12.7. The molecule has 0 aliphatic carbocycles. The van der Waals surface area contributed by atoms with Gasteiger partial charge in [-0.05, 0) is 55.9 Å². The van der Waals surface area contributed by atoms with Crippen LogP contribution >= 0.6 is 0 Å². The Morgan fingerprint density at radius 2 is 1.77 bits per heavy atom. The van der Waals surface area contributed by atoms with Crippen LogP contribution in [0.2, 0.25) is 0 Å². The molecular weight excluding hydrogens is 322 g/mol. The number of rotatable bonds is 6. The molecule has 1 amide bonds. The monoisotopic (exact) mass is 349 g/mol. The number of ketones is 1. The predicted octanol–water partition coefficient (Wildman–Crippen LogP) is 4.50. The molecule has 1 aliphatic rings. The Bertz CT molecular complexity index is 782. The van der Waals surface area contributed by atoms with E-state index in [4.69, 9.17) is 0 Å². The van der Waals surface area contributed by atoms with Crippen LogP contribution in [0.5, 0.6) is 0 Å². The molecule has 1 heterocycles. The maximum Gasteiger partial charge on any atom is 0.223 e. The summed E-state index contributed by atoms with van der Waals surface area (Å²) in [4.78, 5) is 27.1. The Kier molecular flexibility index (Phi) is 5.87. The van der Waals surface area contributed by atoms with Gasteiger partial charge >= 0.3 is 0 Å². The summed E-state index contributed by atoms with van der Waals surface area (Å²) in [5.41, 5.74) is 4.27. The molecule has 0 aromatic heterocycles. The van der Waals surface area contributed by atoms with E-state index in [1.54, 1.807) is 0 Å². The van der Waals surface area contributed by atoms with Crippen LogP contribution in [0.15, 0.2) is 48.5 Å². The molecule has 3 nitrogen and oxygen atoms in total. The average molecular weight is 349 g/mol. The van der Waals surface area contributed by atoms with Gasteiger partial charge in [0.05, 0.1) is 0 Å². The second kappa shape index (κ2) is 8.31. The molecule has 3 heteroatoms. The highest BCUT2D eigenvalue weighted by atomic mass is 16.2. The lowest BCUT2D eigenvalue weighted by molar-refractivity contribution is -0.131. The summed E-state index contributed by atoms with van der Waals surface area (Å²) in [5.74, 6) is 0.167. The van der Waals surface area contributed by atoms with E-state index in [0.717, 1.165) is 31.4 Å². The van der Waals surface area contributed by atoms with E-state index < -0.39 is 0 Å². The fourth-order valence-corrected chi connectivity index (χ4v) is 3.69. The standard InChI is InChI=1S/C23H27NO2/c1-17-10-11-20(15-18(17)2)22(25)12-13-23(26)24-14-6-9-21(24)16-19-7-4-3-5-8-19/h3-5,7-8,10-11,15,21H,6,9,12-14,16H2,1-2H3. The summed E-state index contributed by atoms with van der Waals surface area (Å²) < 4.78 is 0. The number of benzene rings is 2. The molecule has 1 atom stereocenters. The topological polar surface area (TPSA) is 37.4 Å². The number of amides is 1. The van der Waals surface area contributed by atoms with Gasteiger partial charge in [0.25, 0.3) is 0 Å². The van der Waals surface area contributed by atoms with Crippen LogP contribution in [0.3, 0.4) is 0 Å². The minimum Gasteiger partial charge on any atom is -0.339 e. The zero-order chi connectivity index (χ0) is 18.5. The van der Waals surface area contributed by atoms with Crippen molar-refractivity contribution in [2.45, 2.75) is 52.0 Å². The van der Waals surface area contributed by atoms with Crippen LogP contribution in [0.1, 0.15) is 52.7 Å². The van der Waals surface area contributed by atoms with Crippen molar-refractivity contribution in [3.8, 4) is 0 Å². The Labute approximate surface area is 156 Å². The van der Waals surface area contributed by atoms with Crippen LogP contribution in [-0.4, -0.2) is 29.2 Å². The zero-order valence-electron chi connectivity index (χ0n) is 15.7. The highest BCUT2D eigenvalue weighted by Gasteiger charge is 2.28. The normalized spacial score (nSPS) is 16.7. The summed E-state index contributed by atoms with van der Waals surface area (Å²) in [6.45, 7) is 4.86. The van der Waals surface area contributed by atoms with Crippen molar-refractivity contribution in [2.75, 3.05) is 6.54 Å². The van der Waals surface area contributed by atoms with Gasteiger partial charge in [0.15, 0.2) is 5.78 Å². The number of carbonyl (C=O) groups is 2. The molecule has 0 spiro atoms. The maximum absolute atomic E-state index is 12.7. The van der Waals surface area contributed by atoms with Crippen molar-refractivity contribution in [3.05, 3.63) is 70.8 Å². The number of carbonyl (C=O) groups excluding carboxylic acids is 2. The summed E-state index contributed by atoms with van der Waals surface area (Å²) >= 11 is 0. The first-order valence-corrected chi connectivity index (χ1v) is 9.48. The molecule has 1 saturated heterocycles. The van der Waals surface area contributed by atoms with E-state index in [1.807, 2.05) is 55.1 Å². The lowest BCUT2D eigenvalue weighted by atomic mass is 10.0. The second-order valence-electron chi connectivity index (χ2n) is 7.30. The molecule has 0 saturated carbocycles. The number of nitrogens with zero attached hydrogens (tertiary/aromatic N) is 1. The minimum absolute atomic E-state index is 0.0558. The van der Waals surface area contributed by atoms with Gasteiger partial charge in [-0.15, -0.1) is 0 Å². The van der Waals surface area contributed by atoms with Gasteiger partial charge < -0.3 is 4.90 Å². The molecule has 3 rings (SSSR count). The third kappa shape index (κ3) is 4.40. The van der Waals surface area contributed by atoms with Gasteiger partial charge in [-0.2, -0.15) is 0 Å². The minimum atomic E-state index is 0.0558. The fourth-order valence-electron chi connectivity index (χ4n) is 3.69. The fraction of sp³-hybridized carbons (Fsp3) is 0.391. The molecule has 136 valence electrons. The van der Waals surface area contributed by atoms with Crippen molar-refractivity contribution in [1.82, 2.24) is 4.90 Å². The SMILES string of the molecule is Cc1ccc(C(=O)CCC(=O)N2CCCC2Cc2ccccc2)cc1C. The van der Waals surface area contributed by atoms with Crippen molar-refractivity contribution < 1.29 is 9.59 Å². The van der Waals surface area contributed by atoms with E-state index >= 15 is 0 Å². The second-order valence-corrected chi connectivity index (χ2v) is 7.30. The Morgan fingerprint density at radius 3 is 2.50 bits per heavy atom. The molecule has 0 N–H and O–H groups in total. The first kappa shape index (κ1) is 18.4. The quantitative estimate of drug-likeness (QED) is 0.720. The van der Waals surface area contributed by atoms with Crippen molar-refractivity contribution in [2.24, 2.45) is 0 Å². The highest BCUT2D eigenvalue weighted by Crippen LogP contribution is 2.23. The van der Waals surface area contributed by atoms with Gasteiger partial charge in [0.1, 0.15) is 0 Å². The predicted molar refractivity (Wildman–Crippen MR) is 104 cm³/mol. The number of hydrogen-bond acceptors (Lipinski definition) is 2. The Hall–Kier alpha value is -2.42. The molecule has 1 unspecified atom stereocenters. The summed E-state index contributed by atoms with van der Waals surface area (Å²) in [6, 6.07) is 16.4. The van der Waals surface area contributed by atoms with E-state index in [1.165, 1.54) is 11.1 Å². The smallest absolute Gasteiger partial charge is 0.223 e. The van der Waals surface area contributed by atoms with Gasteiger partial charge in [-0.25, -0.2) is 0 Å². The van der Waals surface area contributed by atoms with Crippen LogP contribution in [0.25, 0.3) is 0 Å². The van der Waals surface area contributed by atoms with Crippen LogP contribution in [-0.2, 0) is 11.2 Å². The molecule has 2 aromatic carbocycles. The molecule has 0 radical (unpaired) electrons. The van der Waals surface area contributed by atoms with Gasteiger partial charge in [0, 0.05) is 31.0 Å². The largest absolute Gasteiger partial charge is 0.339 e. The number of Topliss-reactive ketones (excluding diaryl/α,β-unsaturated/α-hetero) is 1. The number of aryl methyl sites for hydroxylation is 2. The first-order valence-electron chi connectivity index (χ1n) is 9.48.